The van der Waals surface area contributed by atoms with Crippen molar-refractivity contribution >= 4 is 11.8 Å². The second-order valence-electron chi connectivity index (χ2n) is 7.99. The number of amides is 2. The third-order valence-corrected chi connectivity index (χ3v) is 6.11. The molecule has 1 aliphatic rings. The van der Waals surface area contributed by atoms with E-state index in [0.717, 1.165) is 12.0 Å². The third-order valence-electron chi connectivity index (χ3n) is 6.11. The molecule has 2 aromatic carbocycles. The van der Waals surface area contributed by atoms with Crippen LogP contribution in [-0.4, -0.2) is 62.0 Å². The Hall–Kier alpha value is -3.02. The fraction of sp³-hybridized carbons (Fsp3) is 0.440. The van der Waals surface area contributed by atoms with Crippen LogP contribution in [0.5, 0.6) is 11.5 Å². The van der Waals surface area contributed by atoms with Crippen molar-refractivity contribution in [2.45, 2.75) is 26.2 Å². The normalized spacial score (nSPS) is 15.9. The van der Waals surface area contributed by atoms with Gasteiger partial charge < -0.3 is 19.3 Å². The number of rotatable bonds is 7. The van der Waals surface area contributed by atoms with Gasteiger partial charge in [0.25, 0.3) is 5.91 Å². The largest absolute Gasteiger partial charge is 0.497 e. The standard InChI is InChI=1S/C25H32N2O4/c1-5-18(2)23(19-9-7-6-8-10-19)25(29)27-13-11-26(12-14-27)24(28)20-15-21(30-3)17-22(16-20)31-4/h6-10,15-18,23H,5,11-14H2,1-4H3. The lowest BCUT2D eigenvalue weighted by Crippen LogP contribution is -2.52. The molecule has 1 aliphatic heterocycles. The summed E-state index contributed by atoms with van der Waals surface area (Å²) >= 11 is 0. The molecular weight excluding hydrogens is 392 g/mol. The Kier molecular flexibility index (Phi) is 7.55. The van der Waals surface area contributed by atoms with Crippen molar-refractivity contribution in [2.24, 2.45) is 5.92 Å². The van der Waals surface area contributed by atoms with Crippen LogP contribution in [-0.2, 0) is 4.79 Å². The zero-order chi connectivity index (χ0) is 22.4. The molecule has 6 nitrogen and oxygen atoms in total. The van der Waals surface area contributed by atoms with Gasteiger partial charge in [-0.3, -0.25) is 9.59 Å². The average Bonchev–Trinajstić information content (AvgIpc) is 2.83. The van der Waals surface area contributed by atoms with E-state index in [1.165, 1.54) is 0 Å². The molecule has 2 amide bonds. The van der Waals surface area contributed by atoms with Gasteiger partial charge in [-0.2, -0.15) is 0 Å². The highest BCUT2D eigenvalue weighted by Crippen LogP contribution is 2.30. The monoisotopic (exact) mass is 424 g/mol. The number of hydrogen-bond acceptors (Lipinski definition) is 4. The molecule has 1 saturated heterocycles. The van der Waals surface area contributed by atoms with Gasteiger partial charge in [-0.25, -0.2) is 0 Å². The highest BCUT2D eigenvalue weighted by molar-refractivity contribution is 5.95. The number of nitrogens with zero attached hydrogens (tertiary/aromatic N) is 2. The summed E-state index contributed by atoms with van der Waals surface area (Å²) in [6.07, 6.45) is 0.932. The summed E-state index contributed by atoms with van der Waals surface area (Å²) < 4.78 is 10.6. The maximum Gasteiger partial charge on any atom is 0.254 e. The minimum atomic E-state index is -0.156. The molecule has 0 N–H and O–H groups in total. The van der Waals surface area contributed by atoms with Gasteiger partial charge in [-0.05, 0) is 23.6 Å². The highest BCUT2D eigenvalue weighted by atomic mass is 16.5. The Labute approximate surface area is 184 Å². The number of carbonyl (C=O) groups excluding carboxylic acids is 2. The number of methoxy groups -OCH3 is 2. The molecule has 0 spiro atoms. The van der Waals surface area contributed by atoms with E-state index < -0.39 is 0 Å². The number of piperazine rings is 1. The first-order valence-electron chi connectivity index (χ1n) is 10.8. The first-order chi connectivity index (χ1) is 15.0. The first kappa shape index (κ1) is 22.7. The molecule has 1 heterocycles. The smallest absolute Gasteiger partial charge is 0.254 e. The van der Waals surface area contributed by atoms with E-state index in [4.69, 9.17) is 9.47 Å². The molecule has 0 radical (unpaired) electrons. The van der Waals surface area contributed by atoms with Crippen molar-refractivity contribution in [1.82, 2.24) is 9.80 Å². The molecule has 0 aromatic heterocycles. The summed E-state index contributed by atoms with van der Waals surface area (Å²) in [6.45, 7) is 6.33. The molecule has 1 fully saturated rings. The minimum absolute atomic E-state index is 0.0779. The maximum absolute atomic E-state index is 13.4. The van der Waals surface area contributed by atoms with Crippen LogP contribution in [0.2, 0.25) is 0 Å². The maximum atomic E-state index is 13.4. The number of ether oxygens (including phenoxy) is 2. The Balaban J connectivity index is 1.69. The third kappa shape index (κ3) is 5.19. The molecule has 2 aromatic rings. The Morgan fingerprint density at radius 2 is 1.45 bits per heavy atom. The molecule has 2 unspecified atom stereocenters. The first-order valence-corrected chi connectivity index (χ1v) is 10.8. The molecule has 166 valence electrons. The summed E-state index contributed by atoms with van der Waals surface area (Å²) in [6, 6.07) is 15.2. The summed E-state index contributed by atoms with van der Waals surface area (Å²) in [5.41, 5.74) is 1.58. The van der Waals surface area contributed by atoms with Gasteiger partial charge in [0.05, 0.1) is 20.1 Å². The summed E-state index contributed by atoms with van der Waals surface area (Å²) in [5, 5.41) is 0. The molecule has 0 aliphatic carbocycles. The van der Waals surface area contributed by atoms with Crippen LogP contribution >= 0.6 is 0 Å². The topological polar surface area (TPSA) is 59.1 Å². The van der Waals surface area contributed by atoms with Crippen molar-refractivity contribution < 1.29 is 19.1 Å². The Bertz CT molecular complexity index is 869. The van der Waals surface area contributed by atoms with Gasteiger partial charge in [0.15, 0.2) is 0 Å². The van der Waals surface area contributed by atoms with Crippen molar-refractivity contribution in [1.29, 1.82) is 0 Å². The SMILES string of the molecule is CCC(C)C(C(=O)N1CCN(C(=O)c2cc(OC)cc(OC)c2)CC1)c1ccccc1. The van der Waals surface area contributed by atoms with Crippen LogP contribution in [0.4, 0.5) is 0 Å². The molecule has 3 rings (SSSR count). The van der Waals surface area contributed by atoms with Crippen LogP contribution in [0.1, 0.15) is 42.1 Å². The van der Waals surface area contributed by atoms with Gasteiger partial charge >= 0.3 is 0 Å². The van der Waals surface area contributed by atoms with Crippen LogP contribution in [0.25, 0.3) is 0 Å². The lowest BCUT2D eigenvalue weighted by atomic mass is 9.84. The van der Waals surface area contributed by atoms with E-state index in [-0.39, 0.29) is 23.7 Å². The van der Waals surface area contributed by atoms with Crippen molar-refractivity contribution in [3.8, 4) is 11.5 Å². The second-order valence-corrected chi connectivity index (χ2v) is 7.99. The predicted molar refractivity (Wildman–Crippen MR) is 121 cm³/mol. The molecule has 6 heteroatoms. The zero-order valence-corrected chi connectivity index (χ0v) is 18.8. The zero-order valence-electron chi connectivity index (χ0n) is 18.8. The summed E-state index contributed by atoms with van der Waals surface area (Å²) in [7, 11) is 3.13. The van der Waals surface area contributed by atoms with Crippen molar-refractivity contribution in [3.63, 3.8) is 0 Å². The second kappa shape index (κ2) is 10.3. The fourth-order valence-electron chi connectivity index (χ4n) is 4.05. The summed E-state index contributed by atoms with van der Waals surface area (Å²) in [5.74, 6) is 1.32. The molecule has 2 atom stereocenters. The van der Waals surface area contributed by atoms with E-state index in [1.54, 1.807) is 37.3 Å². The van der Waals surface area contributed by atoms with E-state index in [1.807, 2.05) is 35.2 Å². The van der Waals surface area contributed by atoms with Gasteiger partial charge in [-0.1, -0.05) is 50.6 Å². The van der Waals surface area contributed by atoms with Crippen LogP contribution < -0.4 is 9.47 Å². The van der Waals surface area contributed by atoms with Gasteiger partial charge in [0.2, 0.25) is 5.91 Å². The van der Waals surface area contributed by atoms with E-state index in [0.29, 0.717) is 43.2 Å². The number of hydrogen-bond donors (Lipinski definition) is 0. The van der Waals surface area contributed by atoms with E-state index in [9.17, 15) is 9.59 Å². The fourth-order valence-corrected chi connectivity index (χ4v) is 4.05. The Morgan fingerprint density at radius 3 is 1.97 bits per heavy atom. The quantitative estimate of drug-likeness (QED) is 0.678. The minimum Gasteiger partial charge on any atom is -0.497 e. The van der Waals surface area contributed by atoms with Gasteiger partial charge in [-0.15, -0.1) is 0 Å². The predicted octanol–water partition coefficient (Wildman–Crippen LogP) is 3.82. The lowest BCUT2D eigenvalue weighted by Gasteiger charge is -2.37. The highest BCUT2D eigenvalue weighted by Gasteiger charge is 2.32. The van der Waals surface area contributed by atoms with Gasteiger partial charge in [0.1, 0.15) is 11.5 Å². The molecule has 0 bridgehead atoms. The van der Waals surface area contributed by atoms with E-state index >= 15 is 0 Å². The van der Waals surface area contributed by atoms with Crippen molar-refractivity contribution in [3.05, 3.63) is 59.7 Å². The molecular formula is C25H32N2O4. The summed E-state index contributed by atoms with van der Waals surface area (Å²) in [4.78, 5) is 30.1. The van der Waals surface area contributed by atoms with Gasteiger partial charge in [0, 0.05) is 37.8 Å². The van der Waals surface area contributed by atoms with Crippen molar-refractivity contribution in [2.75, 3.05) is 40.4 Å². The average molecular weight is 425 g/mol. The van der Waals surface area contributed by atoms with Crippen LogP contribution in [0.3, 0.4) is 0 Å². The molecule has 31 heavy (non-hydrogen) atoms. The van der Waals surface area contributed by atoms with Crippen LogP contribution in [0, 0.1) is 5.92 Å². The Morgan fingerprint density at radius 1 is 0.903 bits per heavy atom. The molecule has 0 saturated carbocycles. The number of carbonyl (C=O) groups is 2. The lowest BCUT2D eigenvalue weighted by molar-refractivity contribution is -0.135. The van der Waals surface area contributed by atoms with E-state index in [2.05, 4.69) is 13.8 Å². The number of benzene rings is 2. The van der Waals surface area contributed by atoms with Crippen LogP contribution in [0.15, 0.2) is 48.5 Å².